The molecular weight excluding hydrogens is 475 g/mol. The van der Waals surface area contributed by atoms with Crippen molar-refractivity contribution in [3.63, 3.8) is 0 Å². The summed E-state index contributed by atoms with van der Waals surface area (Å²) in [5.74, 6) is 0.900. The van der Waals surface area contributed by atoms with Crippen molar-refractivity contribution >= 4 is 44.8 Å². The zero-order chi connectivity index (χ0) is 20.1. The van der Waals surface area contributed by atoms with Crippen LogP contribution in [-0.2, 0) is 0 Å². The molecule has 0 unspecified atom stereocenters. The quantitative estimate of drug-likeness (QED) is 0.435. The van der Waals surface area contributed by atoms with Crippen molar-refractivity contribution < 1.29 is 9.84 Å². The lowest BCUT2D eigenvalue weighted by molar-refractivity contribution is -0.0203. The minimum absolute atomic E-state index is 0.0495. The van der Waals surface area contributed by atoms with Gasteiger partial charge in [-0.15, -0.1) is 0 Å². The first-order chi connectivity index (χ1) is 14.0. The molecule has 3 aromatic carbocycles. The van der Waals surface area contributed by atoms with Gasteiger partial charge in [0.25, 0.3) is 0 Å². The molecule has 2 aliphatic rings. The highest BCUT2D eigenvalue weighted by molar-refractivity contribution is 9.10. The van der Waals surface area contributed by atoms with E-state index in [1.54, 1.807) is 12.1 Å². The molecule has 1 N–H and O–H groups in total. The van der Waals surface area contributed by atoms with Crippen LogP contribution in [0.3, 0.4) is 0 Å². The van der Waals surface area contributed by atoms with Crippen LogP contribution >= 0.6 is 39.1 Å². The van der Waals surface area contributed by atoms with Gasteiger partial charge in [-0.1, -0.05) is 51.3 Å². The first-order valence-electron chi connectivity index (χ1n) is 9.06. The van der Waals surface area contributed by atoms with Crippen LogP contribution in [0.2, 0.25) is 10.0 Å². The number of fused-ring (bicyclic) bond motifs is 3. The van der Waals surface area contributed by atoms with Gasteiger partial charge in [-0.2, -0.15) is 5.10 Å². The van der Waals surface area contributed by atoms with E-state index in [-0.39, 0.29) is 11.8 Å². The van der Waals surface area contributed by atoms with Gasteiger partial charge in [0.05, 0.1) is 17.3 Å². The minimum atomic E-state index is -0.559. The molecule has 0 radical (unpaired) electrons. The summed E-state index contributed by atoms with van der Waals surface area (Å²) >= 11 is 15.8. The van der Waals surface area contributed by atoms with Crippen molar-refractivity contribution in [3.8, 4) is 11.5 Å². The molecule has 0 amide bonds. The standard InChI is InChI=1S/C22H15BrCl2N2O2/c23-13-3-7-20(28)17(9-13)22-27-19(16-10-15(25)6-8-21(16)29-22)11-18(26-27)12-1-4-14(24)5-2-12/h1-10,19,22,28H,11H2/t19-,22+/m0/s1. The molecule has 0 fully saturated rings. The number of hydrazone groups is 1. The highest BCUT2D eigenvalue weighted by atomic mass is 79.9. The maximum absolute atomic E-state index is 10.5. The summed E-state index contributed by atoms with van der Waals surface area (Å²) in [6, 6.07) is 18.5. The number of hydrogen-bond acceptors (Lipinski definition) is 4. The molecule has 29 heavy (non-hydrogen) atoms. The Bertz CT molecular complexity index is 1130. The Labute approximate surface area is 186 Å². The van der Waals surface area contributed by atoms with Crippen LogP contribution in [-0.4, -0.2) is 15.8 Å². The normalized spacial score (nSPS) is 20.0. The second-order valence-corrected chi connectivity index (χ2v) is 8.80. The van der Waals surface area contributed by atoms with Crippen LogP contribution in [0.5, 0.6) is 11.5 Å². The zero-order valence-electron chi connectivity index (χ0n) is 15.0. The van der Waals surface area contributed by atoms with E-state index in [1.165, 1.54) is 0 Å². The van der Waals surface area contributed by atoms with Gasteiger partial charge in [0.2, 0.25) is 6.23 Å². The van der Waals surface area contributed by atoms with Crippen molar-refractivity contribution in [1.29, 1.82) is 0 Å². The van der Waals surface area contributed by atoms with Gasteiger partial charge < -0.3 is 9.84 Å². The summed E-state index contributed by atoms with van der Waals surface area (Å²) in [5, 5.41) is 18.6. The minimum Gasteiger partial charge on any atom is -0.507 e. The predicted octanol–water partition coefficient (Wildman–Crippen LogP) is 6.70. The number of phenols is 1. The van der Waals surface area contributed by atoms with Crippen molar-refractivity contribution in [2.75, 3.05) is 0 Å². The van der Waals surface area contributed by atoms with E-state index in [0.717, 1.165) is 27.1 Å². The molecule has 4 nitrogen and oxygen atoms in total. The Kier molecular flexibility index (Phi) is 4.69. The molecule has 3 aromatic rings. The van der Waals surface area contributed by atoms with E-state index in [2.05, 4.69) is 15.9 Å². The van der Waals surface area contributed by atoms with E-state index in [0.29, 0.717) is 22.0 Å². The molecule has 0 bridgehead atoms. The third-order valence-corrected chi connectivity index (χ3v) is 6.17. The third kappa shape index (κ3) is 3.37. The van der Waals surface area contributed by atoms with Crippen molar-refractivity contribution in [1.82, 2.24) is 5.01 Å². The van der Waals surface area contributed by atoms with Crippen LogP contribution < -0.4 is 4.74 Å². The lowest BCUT2D eigenvalue weighted by Gasteiger charge is -2.38. The van der Waals surface area contributed by atoms with Crippen LogP contribution in [0.1, 0.15) is 35.4 Å². The second kappa shape index (κ2) is 7.24. The van der Waals surface area contributed by atoms with Crippen LogP contribution in [0.4, 0.5) is 0 Å². The monoisotopic (exact) mass is 488 g/mol. The van der Waals surface area contributed by atoms with E-state index < -0.39 is 6.23 Å². The number of nitrogens with zero attached hydrogens (tertiary/aromatic N) is 2. The summed E-state index contributed by atoms with van der Waals surface area (Å²) in [6.07, 6.45) is 0.139. The summed E-state index contributed by atoms with van der Waals surface area (Å²) in [5.41, 5.74) is 3.56. The van der Waals surface area contributed by atoms with Crippen LogP contribution in [0.15, 0.2) is 70.2 Å². The number of benzene rings is 3. The summed E-state index contributed by atoms with van der Waals surface area (Å²) in [4.78, 5) is 0. The number of halogens is 3. The largest absolute Gasteiger partial charge is 0.507 e. The average molecular weight is 490 g/mol. The van der Waals surface area contributed by atoms with Crippen LogP contribution in [0, 0.1) is 0 Å². The van der Waals surface area contributed by atoms with E-state index >= 15 is 0 Å². The second-order valence-electron chi connectivity index (χ2n) is 7.01. The summed E-state index contributed by atoms with van der Waals surface area (Å²) < 4.78 is 7.14. The van der Waals surface area contributed by atoms with Gasteiger partial charge in [-0.3, -0.25) is 0 Å². The summed E-state index contributed by atoms with van der Waals surface area (Å²) in [7, 11) is 0. The SMILES string of the molecule is Oc1ccc(Br)cc1[C@H]1Oc2ccc(Cl)cc2[C@@H]2CC(c3ccc(Cl)cc3)=NN12. The van der Waals surface area contributed by atoms with E-state index in [4.69, 9.17) is 33.0 Å². The number of phenolic OH excluding ortho intramolecular Hbond substituents is 1. The Hall–Kier alpha value is -2.21. The highest BCUT2D eigenvalue weighted by Crippen LogP contribution is 2.49. The van der Waals surface area contributed by atoms with Gasteiger partial charge in [0, 0.05) is 26.5 Å². The Morgan fingerprint density at radius 3 is 2.52 bits per heavy atom. The zero-order valence-corrected chi connectivity index (χ0v) is 18.1. The molecule has 0 spiro atoms. The molecule has 2 atom stereocenters. The number of hydrogen-bond donors (Lipinski definition) is 1. The molecule has 7 heteroatoms. The molecule has 2 aliphatic heterocycles. The number of rotatable bonds is 2. The molecule has 146 valence electrons. The first kappa shape index (κ1) is 18.8. The maximum Gasteiger partial charge on any atom is 0.217 e. The highest BCUT2D eigenvalue weighted by Gasteiger charge is 2.42. The lowest BCUT2D eigenvalue weighted by atomic mass is 9.96. The third-order valence-electron chi connectivity index (χ3n) is 5.18. The number of ether oxygens (including phenoxy) is 1. The Balaban J connectivity index is 1.63. The Morgan fingerprint density at radius 2 is 1.72 bits per heavy atom. The summed E-state index contributed by atoms with van der Waals surface area (Å²) in [6.45, 7) is 0. The fourth-order valence-corrected chi connectivity index (χ4v) is 4.49. The smallest absolute Gasteiger partial charge is 0.217 e. The average Bonchev–Trinajstić information content (AvgIpc) is 3.16. The number of aromatic hydroxyl groups is 1. The topological polar surface area (TPSA) is 45.1 Å². The van der Waals surface area contributed by atoms with Crippen molar-refractivity contribution in [2.45, 2.75) is 18.7 Å². The fraction of sp³-hybridized carbons (Fsp3) is 0.136. The molecule has 0 aromatic heterocycles. The lowest BCUT2D eigenvalue weighted by Crippen LogP contribution is -2.33. The van der Waals surface area contributed by atoms with Gasteiger partial charge in [0.15, 0.2) is 0 Å². The maximum atomic E-state index is 10.5. The predicted molar refractivity (Wildman–Crippen MR) is 118 cm³/mol. The van der Waals surface area contributed by atoms with Crippen LogP contribution in [0.25, 0.3) is 0 Å². The molecule has 2 heterocycles. The molecular formula is C22H15BrCl2N2O2. The van der Waals surface area contributed by atoms with Gasteiger partial charge in [-0.05, 0) is 54.1 Å². The molecule has 0 saturated carbocycles. The van der Waals surface area contributed by atoms with Crippen molar-refractivity contribution in [2.24, 2.45) is 5.10 Å². The van der Waals surface area contributed by atoms with Gasteiger partial charge >= 0.3 is 0 Å². The van der Waals surface area contributed by atoms with Gasteiger partial charge in [0.1, 0.15) is 11.5 Å². The first-order valence-corrected chi connectivity index (χ1v) is 10.6. The molecule has 0 aliphatic carbocycles. The molecule has 5 rings (SSSR count). The van der Waals surface area contributed by atoms with Gasteiger partial charge in [-0.25, -0.2) is 5.01 Å². The molecule has 0 saturated heterocycles. The van der Waals surface area contributed by atoms with Crippen molar-refractivity contribution in [3.05, 3.63) is 91.9 Å². The fourth-order valence-electron chi connectivity index (χ4n) is 3.80. The Morgan fingerprint density at radius 1 is 0.966 bits per heavy atom. The van der Waals surface area contributed by atoms with E-state index in [9.17, 15) is 5.11 Å². The van der Waals surface area contributed by atoms with E-state index in [1.807, 2.05) is 53.5 Å².